The summed E-state index contributed by atoms with van der Waals surface area (Å²) in [6.07, 6.45) is 0.940. The van der Waals surface area contributed by atoms with Gasteiger partial charge in [-0.3, -0.25) is 10.1 Å². The molecule has 0 fully saturated rings. The van der Waals surface area contributed by atoms with Gasteiger partial charge in [0.05, 0.1) is 4.92 Å². The Labute approximate surface area is 125 Å². The minimum atomic E-state index is -0.916. The molecular weight excluding hydrogens is 352 g/mol. The first-order valence-corrected chi connectivity index (χ1v) is 6.32. The van der Waals surface area contributed by atoms with Gasteiger partial charge in [0.2, 0.25) is 11.8 Å². The van der Waals surface area contributed by atoms with Crippen molar-refractivity contribution >= 4 is 39.1 Å². The van der Waals surface area contributed by atoms with Crippen LogP contribution in [0.1, 0.15) is 0 Å². The third-order valence-corrected chi connectivity index (χ3v) is 2.90. The van der Waals surface area contributed by atoms with Crippen LogP contribution in [0.15, 0.2) is 22.8 Å². The molecule has 2 aromatic rings. The minimum Gasteiger partial charge on any atom is -0.357 e. The van der Waals surface area contributed by atoms with E-state index in [4.69, 9.17) is 0 Å². The van der Waals surface area contributed by atoms with E-state index in [0.717, 1.165) is 18.3 Å². The van der Waals surface area contributed by atoms with Crippen molar-refractivity contribution in [1.82, 2.24) is 9.97 Å². The number of halogens is 3. The molecule has 0 unspecified atom stereocenters. The van der Waals surface area contributed by atoms with Crippen LogP contribution in [-0.2, 0) is 0 Å². The molecule has 0 amide bonds. The fraction of sp³-hybridized carbons (Fsp3) is 0.0909. The molecule has 0 aliphatic carbocycles. The molecule has 0 aliphatic rings. The van der Waals surface area contributed by atoms with Crippen LogP contribution in [0, 0.1) is 21.7 Å². The predicted molar refractivity (Wildman–Crippen MR) is 75.6 cm³/mol. The molecule has 0 saturated carbocycles. The quantitative estimate of drug-likeness (QED) is 0.643. The second-order valence-corrected chi connectivity index (χ2v) is 4.72. The van der Waals surface area contributed by atoms with Gasteiger partial charge in [-0.2, -0.15) is 4.98 Å². The topological polar surface area (TPSA) is 93.0 Å². The molecule has 21 heavy (non-hydrogen) atoms. The summed E-state index contributed by atoms with van der Waals surface area (Å²) in [5, 5.41) is 15.8. The van der Waals surface area contributed by atoms with Gasteiger partial charge in [-0.05, 0) is 12.1 Å². The first-order chi connectivity index (χ1) is 9.92. The lowest BCUT2D eigenvalue weighted by molar-refractivity contribution is -0.384. The van der Waals surface area contributed by atoms with E-state index in [1.165, 1.54) is 7.05 Å². The molecule has 2 rings (SSSR count). The summed E-state index contributed by atoms with van der Waals surface area (Å²) in [5.41, 5.74) is -1.04. The first kappa shape index (κ1) is 15.0. The van der Waals surface area contributed by atoms with Crippen molar-refractivity contribution in [2.75, 3.05) is 17.7 Å². The Balaban J connectivity index is 2.50. The average molecular weight is 360 g/mol. The van der Waals surface area contributed by atoms with Gasteiger partial charge in [0, 0.05) is 11.5 Å². The van der Waals surface area contributed by atoms with Crippen molar-refractivity contribution in [2.45, 2.75) is 0 Å². The molecule has 2 N–H and O–H groups in total. The molecule has 0 radical (unpaired) electrons. The Morgan fingerprint density at radius 3 is 2.48 bits per heavy atom. The summed E-state index contributed by atoms with van der Waals surface area (Å²) in [5.74, 6) is -2.08. The maximum absolute atomic E-state index is 13.8. The van der Waals surface area contributed by atoms with Crippen LogP contribution in [0.5, 0.6) is 0 Å². The second kappa shape index (κ2) is 5.95. The Kier molecular flexibility index (Phi) is 4.26. The lowest BCUT2D eigenvalue weighted by atomic mass is 10.3. The number of nitrogens with one attached hydrogen (secondary N) is 2. The molecule has 0 aliphatic heterocycles. The van der Waals surface area contributed by atoms with Crippen molar-refractivity contribution < 1.29 is 13.7 Å². The van der Waals surface area contributed by atoms with Crippen molar-refractivity contribution in [3.8, 4) is 0 Å². The van der Waals surface area contributed by atoms with E-state index in [1.807, 2.05) is 0 Å². The maximum atomic E-state index is 13.8. The number of hydrogen-bond donors (Lipinski definition) is 2. The van der Waals surface area contributed by atoms with Gasteiger partial charge in [-0.25, -0.2) is 13.8 Å². The normalized spacial score (nSPS) is 10.3. The SMILES string of the molecule is CNc1ncc([N+](=O)[O-])c(Nc2c(F)cc(Br)cc2F)n1. The molecule has 0 spiro atoms. The molecule has 1 heterocycles. The molecule has 0 atom stereocenters. The van der Waals surface area contributed by atoms with Gasteiger partial charge in [-0.1, -0.05) is 15.9 Å². The standard InChI is InChI=1S/C11H8BrF2N5O2/c1-15-11-16-4-8(19(20)21)10(18-11)17-9-6(13)2-5(12)3-7(9)14/h2-4H,1H3,(H2,15,16,17,18). The van der Waals surface area contributed by atoms with E-state index in [-0.39, 0.29) is 16.2 Å². The summed E-state index contributed by atoms with van der Waals surface area (Å²) >= 11 is 2.94. The van der Waals surface area contributed by atoms with Crippen LogP contribution in [0.3, 0.4) is 0 Å². The highest BCUT2D eigenvalue weighted by Gasteiger charge is 2.20. The number of anilines is 3. The second-order valence-electron chi connectivity index (χ2n) is 3.80. The van der Waals surface area contributed by atoms with Crippen molar-refractivity contribution in [1.29, 1.82) is 0 Å². The van der Waals surface area contributed by atoms with Crippen LogP contribution in [0.2, 0.25) is 0 Å². The monoisotopic (exact) mass is 359 g/mol. The third kappa shape index (κ3) is 3.21. The fourth-order valence-electron chi connectivity index (χ4n) is 1.50. The Hall–Kier alpha value is -2.36. The van der Waals surface area contributed by atoms with E-state index >= 15 is 0 Å². The number of hydrogen-bond acceptors (Lipinski definition) is 6. The summed E-state index contributed by atoms with van der Waals surface area (Å²) in [6, 6.07) is 2.05. The van der Waals surface area contributed by atoms with Crippen LogP contribution in [0.25, 0.3) is 0 Å². The highest BCUT2D eigenvalue weighted by atomic mass is 79.9. The van der Waals surface area contributed by atoms with Crippen LogP contribution in [-0.4, -0.2) is 21.9 Å². The summed E-state index contributed by atoms with van der Waals surface area (Å²) in [7, 11) is 1.51. The zero-order chi connectivity index (χ0) is 15.6. The molecule has 0 bridgehead atoms. The Bertz CT molecular complexity index is 690. The average Bonchev–Trinajstić information content (AvgIpc) is 2.42. The van der Waals surface area contributed by atoms with Gasteiger partial charge >= 0.3 is 5.69 Å². The van der Waals surface area contributed by atoms with Crippen molar-refractivity contribution in [3.63, 3.8) is 0 Å². The zero-order valence-electron chi connectivity index (χ0n) is 10.5. The predicted octanol–water partition coefficient (Wildman–Crippen LogP) is 3.21. The summed E-state index contributed by atoms with van der Waals surface area (Å²) in [4.78, 5) is 17.6. The van der Waals surface area contributed by atoms with Gasteiger partial charge in [0.25, 0.3) is 0 Å². The van der Waals surface area contributed by atoms with Gasteiger partial charge in [0.15, 0.2) is 11.6 Å². The molecule has 110 valence electrons. The van der Waals surface area contributed by atoms with Crippen molar-refractivity contribution in [3.05, 3.63) is 44.6 Å². The van der Waals surface area contributed by atoms with Crippen LogP contribution < -0.4 is 10.6 Å². The molecule has 1 aromatic heterocycles. The van der Waals surface area contributed by atoms with E-state index in [1.54, 1.807) is 0 Å². The third-order valence-electron chi connectivity index (χ3n) is 2.44. The molecule has 1 aromatic carbocycles. The number of nitrogens with zero attached hydrogens (tertiary/aromatic N) is 3. The minimum absolute atomic E-state index is 0.0704. The molecule has 0 saturated heterocycles. The highest BCUT2D eigenvalue weighted by molar-refractivity contribution is 9.10. The van der Waals surface area contributed by atoms with E-state index in [0.29, 0.717) is 0 Å². The van der Waals surface area contributed by atoms with Gasteiger partial charge in [0.1, 0.15) is 11.9 Å². The lowest BCUT2D eigenvalue weighted by Crippen LogP contribution is -2.06. The smallest absolute Gasteiger partial charge is 0.329 e. The van der Waals surface area contributed by atoms with Gasteiger partial charge < -0.3 is 10.6 Å². The highest BCUT2D eigenvalue weighted by Crippen LogP contribution is 2.30. The summed E-state index contributed by atoms with van der Waals surface area (Å²) < 4.78 is 27.7. The molecule has 7 nitrogen and oxygen atoms in total. The molecule has 10 heteroatoms. The number of benzene rings is 1. The lowest BCUT2D eigenvalue weighted by Gasteiger charge is -2.09. The number of aromatic nitrogens is 2. The van der Waals surface area contributed by atoms with E-state index in [9.17, 15) is 18.9 Å². The summed E-state index contributed by atoms with van der Waals surface area (Å²) in [6.45, 7) is 0. The van der Waals surface area contributed by atoms with E-state index in [2.05, 4.69) is 36.5 Å². The Morgan fingerprint density at radius 1 is 1.33 bits per heavy atom. The van der Waals surface area contributed by atoms with Crippen LogP contribution in [0.4, 0.5) is 31.9 Å². The largest absolute Gasteiger partial charge is 0.357 e. The number of nitro groups is 1. The van der Waals surface area contributed by atoms with Crippen molar-refractivity contribution in [2.24, 2.45) is 0 Å². The zero-order valence-corrected chi connectivity index (χ0v) is 12.1. The van der Waals surface area contributed by atoms with E-state index < -0.39 is 27.9 Å². The van der Waals surface area contributed by atoms with Crippen LogP contribution >= 0.6 is 15.9 Å². The molecular formula is C11H8BrF2N5O2. The fourth-order valence-corrected chi connectivity index (χ4v) is 1.90. The first-order valence-electron chi connectivity index (χ1n) is 5.53. The maximum Gasteiger partial charge on any atom is 0.329 e. The van der Waals surface area contributed by atoms with Gasteiger partial charge in [-0.15, -0.1) is 0 Å². The Morgan fingerprint density at radius 2 is 1.95 bits per heavy atom. The number of rotatable bonds is 4.